The summed E-state index contributed by atoms with van der Waals surface area (Å²) in [7, 11) is 1.66. The van der Waals surface area contributed by atoms with Gasteiger partial charge in [0.25, 0.3) is 5.91 Å². The molecule has 0 saturated carbocycles. The zero-order valence-electron chi connectivity index (χ0n) is 20.0. The third-order valence-electron chi connectivity index (χ3n) is 6.05. The Labute approximate surface area is 205 Å². The van der Waals surface area contributed by atoms with Crippen LogP contribution in [0.3, 0.4) is 0 Å². The van der Waals surface area contributed by atoms with Crippen molar-refractivity contribution >= 4 is 32.6 Å². The molecule has 4 rings (SSSR count). The quantitative estimate of drug-likeness (QED) is 0.288. The predicted molar refractivity (Wildman–Crippen MR) is 141 cm³/mol. The molecular formula is C28H31N3O2S. The van der Waals surface area contributed by atoms with Crippen molar-refractivity contribution in [3.05, 3.63) is 89.5 Å². The lowest BCUT2D eigenvalue weighted by Gasteiger charge is -2.24. The SMILES string of the molecule is CCN(CC)CCN(C(=O)c1ccc(Cc2ccccc2)cc1)c1nc2ccc(OC)cc2s1. The van der Waals surface area contributed by atoms with Crippen LogP contribution in [0.5, 0.6) is 5.75 Å². The zero-order valence-corrected chi connectivity index (χ0v) is 20.8. The molecule has 1 aromatic heterocycles. The average Bonchev–Trinajstić information content (AvgIpc) is 3.30. The highest BCUT2D eigenvalue weighted by Gasteiger charge is 2.22. The summed E-state index contributed by atoms with van der Waals surface area (Å²) in [5, 5.41) is 0.716. The normalized spacial score (nSPS) is 11.2. The summed E-state index contributed by atoms with van der Waals surface area (Å²) >= 11 is 1.53. The first-order valence-electron chi connectivity index (χ1n) is 11.7. The van der Waals surface area contributed by atoms with Crippen molar-refractivity contribution in [2.75, 3.05) is 38.2 Å². The summed E-state index contributed by atoms with van der Waals surface area (Å²) in [5.74, 6) is 0.766. The fourth-order valence-corrected chi connectivity index (χ4v) is 4.97. The maximum Gasteiger partial charge on any atom is 0.260 e. The van der Waals surface area contributed by atoms with Gasteiger partial charge in [0.05, 0.1) is 17.3 Å². The van der Waals surface area contributed by atoms with E-state index in [-0.39, 0.29) is 5.91 Å². The number of likely N-dealkylation sites (N-methyl/N-ethyl adjacent to an activating group) is 1. The second-order valence-electron chi connectivity index (χ2n) is 8.17. The second-order valence-corrected chi connectivity index (χ2v) is 9.18. The van der Waals surface area contributed by atoms with E-state index in [4.69, 9.17) is 9.72 Å². The monoisotopic (exact) mass is 473 g/mol. The molecule has 0 aliphatic carbocycles. The number of amides is 1. The minimum atomic E-state index is -0.0237. The number of carbonyl (C=O) groups is 1. The summed E-state index contributed by atoms with van der Waals surface area (Å²) in [5.41, 5.74) is 3.99. The van der Waals surface area contributed by atoms with Gasteiger partial charge in [-0.15, -0.1) is 0 Å². The molecule has 0 bridgehead atoms. The first-order valence-corrected chi connectivity index (χ1v) is 12.5. The first kappa shape index (κ1) is 23.9. The second kappa shape index (κ2) is 11.3. The molecular weight excluding hydrogens is 442 g/mol. The Balaban J connectivity index is 1.59. The molecule has 0 aliphatic heterocycles. The van der Waals surface area contributed by atoms with E-state index in [1.807, 2.05) is 53.4 Å². The van der Waals surface area contributed by atoms with Crippen LogP contribution in [0.15, 0.2) is 72.8 Å². The fraction of sp³-hybridized carbons (Fsp3) is 0.286. The Kier molecular flexibility index (Phi) is 7.93. The predicted octanol–water partition coefficient (Wildman–Crippen LogP) is 5.88. The lowest BCUT2D eigenvalue weighted by atomic mass is 10.0. The molecule has 3 aromatic carbocycles. The van der Waals surface area contributed by atoms with Gasteiger partial charge in [0.15, 0.2) is 5.13 Å². The van der Waals surface area contributed by atoms with Crippen molar-refractivity contribution in [3.8, 4) is 5.75 Å². The molecule has 0 saturated heterocycles. The number of ether oxygens (including phenoxy) is 1. The molecule has 1 amide bonds. The van der Waals surface area contributed by atoms with Gasteiger partial charge >= 0.3 is 0 Å². The Hall–Kier alpha value is -3.22. The fourth-order valence-electron chi connectivity index (χ4n) is 3.95. The third-order valence-corrected chi connectivity index (χ3v) is 7.09. The van der Waals surface area contributed by atoms with Gasteiger partial charge in [-0.25, -0.2) is 4.98 Å². The number of nitrogens with zero attached hydrogens (tertiary/aromatic N) is 3. The first-order chi connectivity index (χ1) is 16.6. The highest BCUT2D eigenvalue weighted by Crippen LogP contribution is 2.32. The van der Waals surface area contributed by atoms with E-state index in [9.17, 15) is 4.79 Å². The van der Waals surface area contributed by atoms with Crippen LogP contribution in [-0.2, 0) is 6.42 Å². The zero-order chi connectivity index (χ0) is 23.9. The molecule has 6 heteroatoms. The van der Waals surface area contributed by atoms with Crippen molar-refractivity contribution in [1.82, 2.24) is 9.88 Å². The van der Waals surface area contributed by atoms with E-state index < -0.39 is 0 Å². The number of rotatable bonds is 10. The molecule has 4 aromatic rings. The van der Waals surface area contributed by atoms with Gasteiger partial charge in [-0.2, -0.15) is 0 Å². The largest absolute Gasteiger partial charge is 0.497 e. The van der Waals surface area contributed by atoms with Crippen molar-refractivity contribution in [2.24, 2.45) is 0 Å². The van der Waals surface area contributed by atoms with Crippen LogP contribution in [0, 0.1) is 0 Å². The number of hydrogen-bond acceptors (Lipinski definition) is 5. The third kappa shape index (κ3) is 5.64. The van der Waals surface area contributed by atoms with Crippen LogP contribution >= 0.6 is 11.3 Å². The molecule has 0 spiro atoms. The van der Waals surface area contributed by atoms with Crippen LogP contribution in [-0.4, -0.2) is 49.1 Å². The average molecular weight is 474 g/mol. The molecule has 34 heavy (non-hydrogen) atoms. The molecule has 0 aliphatic rings. The van der Waals surface area contributed by atoms with Crippen molar-refractivity contribution in [1.29, 1.82) is 0 Å². The molecule has 0 fully saturated rings. The van der Waals surface area contributed by atoms with Crippen LogP contribution in [0.25, 0.3) is 10.2 Å². The van der Waals surface area contributed by atoms with Gasteiger partial charge in [-0.1, -0.05) is 67.6 Å². The van der Waals surface area contributed by atoms with Crippen molar-refractivity contribution in [3.63, 3.8) is 0 Å². The van der Waals surface area contributed by atoms with Crippen molar-refractivity contribution < 1.29 is 9.53 Å². The number of methoxy groups -OCH3 is 1. The summed E-state index contributed by atoms with van der Waals surface area (Å²) in [6.45, 7) is 7.57. The van der Waals surface area contributed by atoms with Gasteiger partial charge in [0, 0.05) is 18.7 Å². The maximum absolute atomic E-state index is 13.7. The Morgan fingerprint density at radius 1 is 0.912 bits per heavy atom. The number of benzene rings is 3. The van der Waals surface area contributed by atoms with Gasteiger partial charge in [-0.05, 0) is 61.0 Å². The topological polar surface area (TPSA) is 45.7 Å². The summed E-state index contributed by atoms with van der Waals surface area (Å²) < 4.78 is 6.37. The van der Waals surface area contributed by atoms with Gasteiger partial charge in [-0.3, -0.25) is 9.69 Å². The van der Waals surface area contributed by atoms with Gasteiger partial charge in [0.2, 0.25) is 0 Å². The van der Waals surface area contributed by atoms with Gasteiger partial charge < -0.3 is 9.64 Å². The Morgan fingerprint density at radius 2 is 1.62 bits per heavy atom. The summed E-state index contributed by atoms with van der Waals surface area (Å²) in [6, 6.07) is 24.1. The van der Waals surface area contributed by atoms with Crippen LogP contribution in [0.1, 0.15) is 35.3 Å². The molecule has 0 radical (unpaired) electrons. The maximum atomic E-state index is 13.7. The molecule has 1 heterocycles. The highest BCUT2D eigenvalue weighted by molar-refractivity contribution is 7.22. The van der Waals surface area contributed by atoms with Gasteiger partial charge in [0.1, 0.15) is 5.75 Å². The van der Waals surface area contributed by atoms with E-state index in [1.165, 1.54) is 22.5 Å². The van der Waals surface area contributed by atoms with Crippen molar-refractivity contribution in [2.45, 2.75) is 20.3 Å². The summed E-state index contributed by atoms with van der Waals surface area (Å²) in [6.07, 6.45) is 0.848. The number of thiazole rings is 1. The molecule has 176 valence electrons. The summed E-state index contributed by atoms with van der Waals surface area (Å²) in [4.78, 5) is 22.6. The van der Waals surface area contributed by atoms with E-state index >= 15 is 0 Å². The van der Waals surface area contributed by atoms with E-state index in [0.29, 0.717) is 17.2 Å². The molecule has 0 unspecified atom stereocenters. The Bertz CT molecular complexity index is 1220. The van der Waals surface area contributed by atoms with Crippen LogP contribution in [0.2, 0.25) is 0 Å². The minimum Gasteiger partial charge on any atom is -0.497 e. The number of fused-ring (bicyclic) bond motifs is 1. The molecule has 5 nitrogen and oxygen atoms in total. The number of anilines is 1. The van der Waals surface area contributed by atoms with Crippen LogP contribution < -0.4 is 9.64 Å². The lowest BCUT2D eigenvalue weighted by molar-refractivity contribution is 0.0984. The number of aromatic nitrogens is 1. The van der Waals surface area contributed by atoms with Crippen LogP contribution in [0.4, 0.5) is 5.13 Å². The highest BCUT2D eigenvalue weighted by atomic mass is 32.1. The molecule has 0 N–H and O–H groups in total. The lowest BCUT2D eigenvalue weighted by Crippen LogP contribution is -2.38. The standard InChI is InChI=1S/C28H31N3O2S/c1-4-30(5-2)17-18-31(28-29-25-16-15-24(33-3)20-26(25)34-28)27(32)23-13-11-22(12-14-23)19-21-9-7-6-8-10-21/h6-16,20H,4-5,17-19H2,1-3H3. The minimum absolute atomic E-state index is 0.0237. The van der Waals surface area contributed by atoms with E-state index in [0.717, 1.165) is 42.0 Å². The van der Waals surface area contributed by atoms with E-state index in [1.54, 1.807) is 7.11 Å². The Morgan fingerprint density at radius 3 is 2.29 bits per heavy atom. The number of hydrogen-bond donors (Lipinski definition) is 0. The van der Waals surface area contributed by atoms with E-state index in [2.05, 4.69) is 43.0 Å². The smallest absolute Gasteiger partial charge is 0.260 e. The molecule has 0 atom stereocenters. The number of carbonyl (C=O) groups excluding carboxylic acids is 1.